The number of rotatable bonds is 5. The van der Waals surface area contributed by atoms with Crippen LogP contribution in [0, 0.1) is 3.95 Å². The maximum atomic E-state index is 5.59. The number of thiazole rings is 1. The topological polar surface area (TPSA) is 25.0 Å². The molecular weight excluding hydrogens is 274 g/mol. The van der Waals surface area contributed by atoms with Gasteiger partial charge in [-0.05, 0) is 61.0 Å². The zero-order valence-corrected chi connectivity index (χ0v) is 12.8. The van der Waals surface area contributed by atoms with Gasteiger partial charge in [-0.15, -0.1) is 11.3 Å². The molecule has 1 N–H and O–H groups in total. The smallest absolute Gasteiger partial charge is 0.159 e. The minimum absolute atomic E-state index is 0.556. The average Bonchev–Trinajstić information content (AvgIpc) is 2.78. The zero-order valence-electron chi connectivity index (χ0n) is 11.2. The standard InChI is InChI=1S/C15H17NOS2/c1-4-13-14(16-15(18)19-13)11-5-7-12(8-6-11)17-9-10(2)3/h5-8H,2,4,9H2,1,3H3,(H,16,18). The Morgan fingerprint density at radius 1 is 1.37 bits per heavy atom. The number of benzene rings is 1. The number of hydrogen-bond donors (Lipinski definition) is 1. The van der Waals surface area contributed by atoms with E-state index in [0.29, 0.717) is 6.61 Å². The Balaban J connectivity index is 2.22. The molecule has 1 aromatic carbocycles. The molecule has 0 amide bonds. The second kappa shape index (κ2) is 6.17. The van der Waals surface area contributed by atoms with Gasteiger partial charge in [0, 0.05) is 4.88 Å². The summed E-state index contributed by atoms with van der Waals surface area (Å²) in [5.41, 5.74) is 3.29. The lowest BCUT2D eigenvalue weighted by Gasteiger charge is -2.07. The van der Waals surface area contributed by atoms with Gasteiger partial charge in [0.05, 0.1) is 5.69 Å². The first-order chi connectivity index (χ1) is 9.10. The van der Waals surface area contributed by atoms with E-state index in [2.05, 4.69) is 30.6 Å². The SMILES string of the molecule is C=C(C)COc1ccc(-c2[nH]c(=S)sc2CC)cc1. The van der Waals surface area contributed by atoms with Crippen molar-refractivity contribution in [3.8, 4) is 17.0 Å². The third-order valence-corrected chi connectivity index (χ3v) is 4.05. The highest BCUT2D eigenvalue weighted by molar-refractivity contribution is 7.73. The van der Waals surface area contributed by atoms with Gasteiger partial charge in [0.1, 0.15) is 12.4 Å². The van der Waals surface area contributed by atoms with E-state index in [1.807, 2.05) is 19.1 Å². The van der Waals surface area contributed by atoms with Crippen molar-refractivity contribution < 1.29 is 4.74 Å². The lowest BCUT2D eigenvalue weighted by atomic mass is 10.1. The summed E-state index contributed by atoms with van der Waals surface area (Å²) in [6, 6.07) is 8.07. The van der Waals surface area contributed by atoms with E-state index in [1.165, 1.54) is 4.88 Å². The van der Waals surface area contributed by atoms with Crippen molar-refractivity contribution in [2.75, 3.05) is 6.61 Å². The van der Waals surface area contributed by atoms with Crippen LogP contribution >= 0.6 is 23.6 Å². The molecule has 2 aromatic rings. The molecule has 0 fully saturated rings. The number of aromatic amines is 1. The van der Waals surface area contributed by atoms with E-state index >= 15 is 0 Å². The molecule has 0 saturated heterocycles. The third kappa shape index (κ3) is 3.55. The van der Waals surface area contributed by atoms with Gasteiger partial charge in [0.15, 0.2) is 3.95 Å². The highest BCUT2D eigenvalue weighted by atomic mass is 32.1. The van der Waals surface area contributed by atoms with Crippen LogP contribution < -0.4 is 4.74 Å². The fourth-order valence-electron chi connectivity index (χ4n) is 1.77. The minimum Gasteiger partial charge on any atom is -0.489 e. The Hall–Kier alpha value is -1.39. The highest BCUT2D eigenvalue weighted by Crippen LogP contribution is 2.28. The largest absolute Gasteiger partial charge is 0.489 e. The molecule has 19 heavy (non-hydrogen) atoms. The van der Waals surface area contributed by atoms with Crippen LogP contribution in [0.1, 0.15) is 18.7 Å². The Morgan fingerprint density at radius 2 is 2.05 bits per heavy atom. The van der Waals surface area contributed by atoms with E-state index < -0.39 is 0 Å². The first-order valence-electron chi connectivity index (χ1n) is 6.19. The first kappa shape index (κ1) is 14.0. The molecule has 0 bridgehead atoms. The molecule has 0 saturated carbocycles. The highest BCUT2D eigenvalue weighted by Gasteiger charge is 2.07. The fourth-order valence-corrected chi connectivity index (χ4v) is 2.96. The van der Waals surface area contributed by atoms with Crippen molar-refractivity contribution in [3.63, 3.8) is 0 Å². The van der Waals surface area contributed by atoms with Gasteiger partial charge in [-0.1, -0.05) is 13.5 Å². The van der Waals surface area contributed by atoms with E-state index in [9.17, 15) is 0 Å². The van der Waals surface area contributed by atoms with Crippen LogP contribution in [0.2, 0.25) is 0 Å². The number of aryl methyl sites for hydroxylation is 1. The summed E-state index contributed by atoms with van der Waals surface area (Å²) in [5.74, 6) is 0.860. The quantitative estimate of drug-likeness (QED) is 0.620. The van der Waals surface area contributed by atoms with Crippen molar-refractivity contribution in [1.82, 2.24) is 4.98 Å². The summed E-state index contributed by atoms with van der Waals surface area (Å²) in [7, 11) is 0. The van der Waals surface area contributed by atoms with Crippen LogP contribution in [-0.4, -0.2) is 11.6 Å². The van der Waals surface area contributed by atoms with Gasteiger partial charge in [-0.3, -0.25) is 0 Å². The van der Waals surface area contributed by atoms with Crippen LogP contribution in [0.25, 0.3) is 11.3 Å². The zero-order chi connectivity index (χ0) is 13.8. The number of nitrogens with one attached hydrogen (secondary N) is 1. The van der Waals surface area contributed by atoms with E-state index in [4.69, 9.17) is 17.0 Å². The molecule has 0 aliphatic heterocycles. The maximum Gasteiger partial charge on any atom is 0.159 e. The predicted molar refractivity (Wildman–Crippen MR) is 84.6 cm³/mol. The Bertz CT molecular complexity index is 622. The minimum atomic E-state index is 0.556. The van der Waals surface area contributed by atoms with Crippen molar-refractivity contribution >= 4 is 23.6 Å². The second-order valence-corrected chi connectivity index (χ2v) is 6.21. The van der Waals surface area contributed by atoms with Crippen molar-refractivity contribution in [2.24, 2.45) is 0 Å². The van der Waals surface area contributed by atoms with Crippen LogP contribution in [0.3, 0.4) is 0 Å². The number of hydrogen-bond acceptors (Lipinski definition) is 3. The van der Waals surface area contributed by atoms with Crippen molar-refractivity contribution in [3.05, 3.63) is 45.2 Å². The molecule has 0 radical (unpaired) electrons. The Kier molecular flexibility index (Phi) is 4.56. The lowest BCUT2D eigenvalue weighted by Crippen LogP contribution is -1.97. The predicted octanol–water partition coefficient (Wildman–Crippen LogP) is 4.99. The molecular formula is C15H17NOS2. The van der Waals surface area contributed by atoms with Gasteiger partial charge in [-0.25, -0.2) is 0 Å². The molecule has 0 aliphatic carbocycles. The van der Waals surface area contributed by atoms with Gasteiger partial charge in [0.2, 0.25) is 0 Å². The lowest BCUT2D eigenvalue weighted by molar-refractivity contribution is 0.353. The molecule has 4 heteroatoms. The third-order valence-electron chi connectivity index (χ3n) is 2.67. The van der Waals surface area contributed by atoms with E-state index in [-0.39, 0.29) is 0 Å². The molecule has 1 heterocycles. The molecule has 100 valence electrons. The van der Waals surface area contributed by atoms with Crippen LogP contribution in [0.4, 0.5) is 0 Å². The normalized spacial score (nSPS) is 10.4. The van der Waals surface area contributed by atoms with Gasteiger partial charge >= 0.3 is 0 Å². The summed E-state index contributed by atoms with van der Waals surface area (Å²) in [5, 5.41) is 0. The monoisotopic (exact) mass is 291 g/mol. The average molecular weight is 291 g/mol. The summed E-state index contributed by atoms with van der Waals surface area (Å²) in [6.07, 6.45) is 0.987. The molecule has 0 atom stereocenters. The molecule has 0 unspecified atom stereocenters. The Morgan fingerprint density at radius 3 is 2.63 bits per heavy atom. The summed E-state index contributed by atoms with van der Waals surface area (Å²) in [4.78, 5) is 4.55. The van der Waals surface area contributed by atoms with Crippen molar-refractivity contribution in [2.45, 2.75) is 20.3 Å². The van der Waals surface area contributed by atoms with Crippen molar-refractivity contribution in [1.29, 1.82) is 0 Å². The van der Waals surface area contributed by atoms with E-state index in [0.717, 1.165) is 33.0 Å². The molecule has 0 aliphatic rings. The van der Waals surface area contributed by atoms with Crippen LogP contribution in [0.5, 0.6) is 5.75 Å². The molecule has 2 rings (SSSR count). The first-order valence-corrected chi connectivity index (χ1v) is 7.42. The summed E-state index contributed by atoms with van der Waals surface area (Å²) in [6.45, 7) is 8.47. The number of H-pyrrole nitrogens is 1. The van der Waals surface area contributed by atoms with E-state index in [1.54, 1.807) is 11.3 Å². The number of ether oxygens (including phenoxy) is 1. The number of aromatic nitrogens is 1. The summed E-state index contributed by atoms with van der Waals surface area (Å²) >= 11 is 6.86. The Labute approximate surface area is 122 Å². The molecule has 2 nitrogen and oxygen atoms in total. The molecule has 0 spiro atoms. The molecule has 1 aromatic heterocycles. The second-order valence-electron chi connectivity index (χ2n) is 4.44. The maximum absolute atomic E-state index is 5.59. The van der Waals surface area contributed by atoms with Gasteiger partial charge in [-0.2, -0.15) is 0 Å². The summed E-state index contributed by atoms with van der Waals surface area (Å²) < 4.78 is 6.42. The van der Waals surface area contributed by atoms with Crippen LogP contribution in [-0.2, 0) is 6.42 Å². The van der Waals surface area contributed by atoms with Crippen LogP contribution in [0.15, 0.2) is 36.4 Å². The van der Waals surface area contributed by atoms with Gasteiger partial charge < -0.3 is 9.72 Å². The van der Waals surface area contributed by atoms with Gasteiger partial charge in [0.25, 0.3) is 0 Å². The fraction of sp³-hybridized carbons (Fsp3) is 0.267.